The molecule has 0 aromatic rings. The molecule has 0 spiro atoms. The maximum atomic E-state index is 5.13. The van der Waals surface area contributed by atoms with E-state index in [1.807, 2.05) is 0 Å². The molecular weight excluding hydrogens is 214 g/mol. The average molecular weight is 223 g/mol. The van der Waals surface area contributed by atoms with Crippen molar-refractivity contribution >= 4 is 56.5 Å². The first kappa shape index (κ1) is 9.77. The summed E-state index contributed by atoms with van der Waals surface area (Å²) in [5, 5.41) is 4.13. The summed E-state index contributed by atoms with van der Waals surface area (Å²) < 4.78 is 2.02. The molecular formula is C6H9NS4. The van der Waals surface area contributed by atoms with Crippen molar-refractivity contribution < 1.29 is 0 Å². The van der Waals surface area contributed by atoms with E-state index in [0.29, 0.717) is 0 Å². The smallest absolute Gasteiger partial charge is 0.134 e. The van der Waals surface area contributed by atoms with Crippen LogP contribution in [0.2, 0.25) is 0 Å². The molecule has 0 saturated carbocycles. The Morgan fingerprint density at radius 3 is 2.91 bits per heavy atom. The zero-order chi connectivity index (χ0) is 8.10. The van der Waals surface area contributed by atoms with E-state index in [2.05, 4.69) is 5.32 Å². The van der Waals surface area contributed by atoms with Gasteiger partial charge in [0.25, 0.3) is 0 Å². The van der Waals surface area contributed by atoms with Crippen LogP contribution in [0.4, 0.5) is 0 Å². The lowest BCUT2D eigenvalue weighted by Gasteiger charge is -2.01. The van der Waals surface area contributed by atoms with Gasteiger partial charge < -0.3 is 5.32 Å². The van der Waals surface area contributed by atoms with Crippen molar-refractivity contribution in [3.8, 4) is 0 Å². The molecule has 0 aromatic heterocycles. The minimum Gasteiger partial charge on any atom is -0.371 e. The molecule has 0 bridgehead atoms. The highest BCUT2D eigenvalue weighted by molar-refractivity contribution is 8.35. The van der Waals surface area contributed by atoms with E-state index in [1.54, 1.807) is 23.5 Å². The van der Waals surface area contributed by atoms with E-state index in [1.165, 1.54) is 0 Å². The molecule has 1 aliphatic heterocycles. The van der Waals surface area contributed by atoms with Gasteiger partial charge in [-0.1, -0.05) is 36.2 Å². The number of thiocarbonyl (C=S) groups is 2. The molecule has 0 radical (unpaired) electrons. The zero-order valence-corrected chi connectivity index (χ0v) is 9.23. The summed E-state index contributed by atoms with van der Waals surface area (Å²) in [4.78, 5) is 0. The predicted octanol–water partition coefficient (Wildman–Crippen LogP) is 2.41. The van der Waals surface area contributed by atoms with Gasteiger partial charge in [0.05, 0.1) is 5.08 Å². The fourth-order valence-corrected chi connectivity index (χ4v) is 3.49. The van der Waals surface area contributed by atoms with Crippen LogP contribution in [0, 0.1) is 0 Å². The minimum atomic E-state index is 0.905. The van der Waals surface area contributed by atoms with Crippen molar-refractivity contribution in [1.29, 1.82) is 0 Å². The topological polar surface area (TPSA) is 12.0 Å². The van der Waals surface area contributed by atoms with Gasteiger partial charge in [-0.25, -0.2) is 0 Å². The maximum absolute atomic E-state index is 5.13. The van der Waals surface area contributed by atoms with Crippen molar-refractivity contribution in [2.24, 2.45) is 0 Å². The van der Waals surface area contributed by atoms with Gasteiger partial charge in [-0.3, -0.25) is 0 Å². The molecule has 0 aliphatic carbocycles. The van der Waals surface area contributed by atoms with E-state index in [4.69, 9.17) is 24.4 Å². The van der Waals surface area contributed by atoms with Crippen LogP contribution >= 0.6 is 48.0 Å². The fourth-order valence-electron chi connectivity index (χ4n) is 0.695. The first-order chi connectivity index (χ1) is 5.29. The maximum Gasteiger partial charge on any atom is 0.134 e. The number of hydrogen-bond acceptors (Lipinski definition) is 4. The van der Waals surface area contributed by atoms with Gasteiger partial charge in [0.15, 0.2) is 0 Å². The summed E-state index contributed by atoms with van der Waals surface area (Å²) in [6.45, 7) is 0.965. The van der Waals surface area contributed by atoms with Gasteiger partial charge >= 0.3 is 0 Å². The zero-order valence-electron chi connectivity index (χ0n) is 5.96. The number of hydrogen-bond donors (Lipinski definition) is 1. The Balaban J connectivity index is 2.35. The molecule has 1 fully saturated rings. The summed E-state index contributed by atoms with van der Waals surface area (Å²) >= 11 is 13.6. The van der Waals surface area contributed by atoms with Crippen molar-refractivity contribution in [1.82, 2.24) is 5.32 Å². The fraction of sp³-hybridized carbons (Fsp3) is 0.667. The predicted molar refractivity (Wildman–Crippen MR) is 62.5 cm³/mol. The Morgan fingerprint density at radius 2 is 2.09 bits per heavy atom. The Bertz CT molecular complexity index is 150. The minimum absolute atomic E-state index is 0.905. The van der Waals surface area contributed by atoms with Crippen LogP contribution in [0.25, 0.3) is 0 Å². The number of thioether (sulfide) groups is 2. The third-order valence-electron chi connectivity index (χ3n) is 1.24. The molecule has 1 nitrogen and oxygen atoms in total. The van der Waals surface area contributed by atoms with Crippen LogP contribution in [0.1, 0.15) is 12.8 Å². The third kappa shape index (κ3) is 4.30. The quantitative estimate of drug-likeness (QED) is 0.631. The number of nitrogens with one attached hydrogen (secondary N) is 1. The van der Waals surface area contributed by atoms with Crippen LogP contribution in [0.15, 0.2) is 0 Å². The highest BCUT2D eigenvalue weighted by atomic mass is 32.2. The monoisotopic (exact) mass is 223 g/mol. The standard InChI is InChI=1S/C6H9NS4/c8-5-2-1-3-7-6(9)11-4-10-5/h1-4H2,(H,7,9). The normalized spacial score (nSPS) is 21.5. The van der Waals surface area contributed by atoms with Crippen LogP contribution in [-0.2, 0) is 0 Å². The van der Waals surface area contributed by atoms with Gasteiger partial charge in [0, 0.05) is 10.7 Å². The van der Waals surface area contributed by atoms with E-state index < -0.39 is 0 Å². The molecule has 0 atom stereocenters. The van der Waals surface area contributed by atoms with Gasteiger partial charge in [0.1, 0.15) is 4.32 Å². The van der Waals surface area contributed by atoms with E-state index in [9.17, 15) is 0 Å². The second-order valence-corrected chi connectivity index (χ2v) is 5.94. The summed E-state index contributed by atoms with van der Waals surface area (Å²) in [7, 11) is 0. The Hall–Kier alpha value is 0.680. The van der Waals surface area contributed by atoms with Gasteiger partial charge in [-0.2, -0.15) is 0 Å². The molecule has 1 heterocycles. The highest BCUT2D eigenvalue weighted by Crippen LogP contribution is 2.18. The lowest BCUT2D eigenvalue weighted by atomic mass is 10.3. The van der Waals surface area contributed by atoms with Crippen molar-refractivity contribution in [2.75, 3.05) is 11.6 Å². The van der Waals surface area contributed by atoms with Gasteiger partial charge in [0.2, 0.25) is 0 Å². The summed E-state index contributed by atoms with van der Waals surface area (Å²) in [6, 6.07) is 0. The first-order valence-corrected chi connectivity index (χ1v) is 6.14. The molecule has 1 rings (SSSR count). The Kier molecular flexibility index (Phi) is 4.75. The molecule has 1 N–H and O–H groups in total. The lowest BCUT2D eigenvalue weighted by Crippen LogP contribution is -2.18. The Morgan fingerprint density at radius 1 is 1.27 bits per heavy atom. The van der Waals surface area contributed by atoms with Crippen molar-refractivity contribution in [2.45, 2.75) is 12.8 Å². The number of rotatable bonds is 0. The molecule has 62 valence electrons. The van der Waals surface area contributed by atoms with Crippen molar-refractivity contribution in [3.63, 3.8) is 0 Å². The molecule has 5 heteroatoms. The highest BCUT2D eigenvalue weighted by Gasteiger charge is 2.04. The van der Waals surface area contributed by atoms with E-state index in [0.717, 1.165) is 33.0 Å². The van der Waals surface area contributed by atoms with E-state index in [-0.39, 0.29) is 0 Å². The van der Waals surface area contributed by atoms with E-state index >= 15 is 0 Å². The first-order valence-electron chi connectivity index (χ1n) is 3.35. The molecule has 0 amide bonds. The van der Waals surface area contributed by atoms with Crippen LogP contribution in [0.5, 0.6) is 0 Å². The van der Waals surface area contributed by atoms with Gasteiger partial charge in [-0.15, -0.1) is 11.8 Å². The average Bonchev–Trinajstić information content (AvgIpc) is 2.04. The van der Waals surface area contributed by atoms with Crippen molar-refractivity contribution in [3.05, 3.63) is 0 Å². The SMILES string of the molecule is S=C1CCCNC(=S)SCS1. The van der Waals surface area contributed by atoms with Crippen LogP contribution in [-0.4, -0.2) is 20.1 Å². The molecule has 0 unspecified atom stereocenters. The van der Waals surface area contributed by atoms with Crippen LogP contribution in [0.3, 0.4) is 0 Å². The second-order valence-electron chi connectivity index (χ2n) is 2.10. The third-order valence-corrected chi connectivity index (χ3v) is 4.17. The van der Waals surface area contributed by atoms with Gasteiger partial charge in [-0.05, 0) is 12.8 Å². The molecule has 0 aromatic carbocycles. The lowest BCUT2D eigenvalue weighted by molar-refractivity contribution is 0.823. The Labute approximate surface area is 86.1 Å². The van der Waals surface area contributed by atoms with Crippen LogP contribution < -0.4 is 5.32 Å². The largest absolute Gasteiger partial charge is 0.371 e. The molecule has 11 heavy (non-hydrogen) atoms. The molecule has 1 aliphatic rings. The molecule has 1 saturated heterocycles. The summed E-state index contributed by atoms with van der Waals surface area (Å²) in [5.74, 6) is 0. The summed E-state index contributed by atoms with van der Waals surface area (Å²) in [5.41, 5.74) is 0. The second kappa shape index (κ2) is 5.35. The summed E-state index contributed by atoms with van der Waals surface area (Å²) in [6.07, 6.45) is 2.14.